The van der Waals surface area contributed by atoms with Crippen LogP contribution in [0.25, 0.3) is 0 Å². The van der Waals surface area contributed by atoms with Crippen LogP contribution in [-0.2, 0) is 6.42 Å². The van der Waals surface area contributed by atoms with Gasteiger partial charge >= 0.3 is 0 Å². The van der Waals surface area contributed by atoms with E-state index in [9.17, 15) is 4.39 Å². The summed E-state index contributed by atoms with van der Waals surface area (Å²) in [5, 5.41) is 0.129. The van der Waals surface area contributed by atoms with Crippen molar-refractivity contribution in [1.29, 1.82) is 0 Å². The zero-order valence-corrected chi connectivity index (χ0v) is 12.1. The Bertz CT molecular complexity index is 342. The molecule has 0 heterocycles. The number of hydrogen-bond acceptors (Lipinski definition) is 0. The van der Waals surface area contributed by atoms with E-state index in [1.165, 1.54) is 6.07 Å². The lowest BCUT2D eigenvalue weighted by molar-refractivity contribution is 0.376. The van der Waals surface area contributed by atoms with Gasteiger partial charge in [0.2, 0.25) is 0 Å². The highest BCUT2D eigenvalue weighted by molar-refractivity contribution is 9.10. The summed E-state index contributed by atoms with van der Waals surface area (Å²) in [4.78, 5) is 0. The highest BCUT2D eigenvalue weighted by atomic mass is 79.9. The van der Waals surface area contributed by atoms with E-state index in [1.807, 2.05) is 19.1 Å². The van der Waals surface area contributed by atoms with Gasteiger partial charge in [-0.3, -0.25) is 0 Å². The maximum Gasteiger partial charge on any atom is 0.137 e. The molecular formula is C13H17BrClF. The molecule has 0 saturated heterocycles. The van der Waals surface area contributed by atoms with Crippen LogP contribution in [0.3, 0.4) is 0 Å². The van der Waals surface area contributed by atoms with E-state index in [0.717, 1.165) is 12.0 Å². The van der Waals surface area contributed by atoms with Crippen LogP contribution in [0.4, 0.5) is 4.39 Å². The molecule has 0 saturated carbocycles. The largest absolute Gasteiger partial charge is 0.206 e. The van der Waals surface area contributed by atoms with Gasteiger partial charge in [0.15, 0.2) is 0 Å². The molecule has 3 heteroatoms. The molecule has 2 atom stereocenters. The van der Waals surface area contributed by atoms with Crippen LogP contribution in [0.1, 0.15) is 26.3 Å². The second-order valence-electron chi connectivity index (χ2n) is 4.54. The molecule has 1 aromatic rings. The summed E-state index contributed by atoms with van der Waals surface area (Å²) in [6, 6.07) is 5.16. The molecule has 0 spiro atoms. The van der Waals surface area contributed by atoms with Gasteiger partial charge in [-0.05, 0) is 58.8 Å². The van der Waals surface area contributed by atoms with E-state index in [-0.39, 0.29) is 11.2 Å². The van der Waals surface area contributed by atoms with Crippen LogP contribution in [0.5, 0.6) is 0 Å². The number of rotatable bonds is 4. The Balaban J connectivity index is 2.81. The highest BCUT2D eigenvalue weighted by Gasteiger charge is 2.19. The molecule has 0 radical (unpaired) electrons. The normalized spacial score (nSPS) is 15.2. The third-order valence-corrected chi connectivity index (χ3v) is 3.83. The van der Waals surface area contributed by atoms with Crippen LogP contribution < -0.4 is 0 Å². The quantitative estimate of drug-likeness (QED) is 0.684. The van der Waals surface area contributed by atoms with Crippen molar-refractivity contribution >= 4 is 27.5 Å². The van der Waals surface area contributed by atoms with Gasteiger partial charge in [-0.1, -0.05) is 19.9 Å². The van der Waals surface area contributed by atoms with Gasteiger partial charge < -0.3 is 0 Å². The van der Waals surface area contributed by atoms with Gasteiger partial charge in [-0.25, -0.2) is 4.39 Å². The minimum absolute atomic E-state index is 0.129. The number of alkyl halides is 1. The van der Waals surface area contributed by atoms with E-state index in [0.29, 0.717) is 16.3 Å². The Morgan fingerprint density at radius 2 is 1.94 bits per heavy atom. The van der Waals surface area contributed by atoms with Gasteiger partial charge in [0.05, 0.1) is 4.47 Å². The van der Waals surface area contributed by atoms with Crippen LogP contribution >= 0.6 is 27.5 Å². The van der Waals surface area contributed by atoms with Crippen LogP contribution in [0.15, 0.2) is 22.7 Å². The van der Waals surface area contributed by atoms with Crippen molar-refractivity contribution in [2.75, 3.05) is 0 Å². The SMILES string of the molecule is CC(C)C(Cc1ccc(F)c(Br)c1)C(C)Cl. The predicted octanol–water partition coefficient (Wildman–Crippen LogP) is 5.03. The number of halogens is 3. The Morgan fingerprint density at radius 3 is 2.38 bits per heavy atom. The standard InChI is InChI=1S/C13H17BrClF/c1-8(2)11(9(3)15)6-10-4-5-13(16)12(14)7-10/h4-5,7-9,11H,6H2,1-3H3. The average molecular weight is 308 g/mol. The summed E-state index contributed by atoms with van der Waals surface area (Å²) < 4.78 is 13.6. The fraction of sp³-hybridized carbons (Fsp3) is 0.538. The molecule has 0 aliphatic rings. The van der Waals surface area contributed by atoms with E-state index in [2.05, 4.69) is 29.8 Å². The smallest absolute Gasteiger partial charge is 0.137 e. The zero-order valence-electron chi connectivity index (χ0n) is 9.81. The minimum Gasteiger partial charge on any atom is -0.206 e. The molecule has 0 bridgehead atoms. The molecule has 0 aliphatic carbocycles. The molecule has 2 unspecified atom stereocenters. The van der Waals surface area contributed by atoms with Gasteiger partial charge in [0.1, 0.15) is 5.82 Å². The summed E-state index contributed by atoms with van der Waals surface area (Å²) in [5.74, 6) is 0.721. The molecular weight excluding hydrogens is 290 g/mol. The van der Waals surface area contributed by atoms with Crippen molar-refractivity contribution in [3.63, 3.8) is 0 Å². The molecule has 16 heavy (non-hydrogen) atoms. The molecule has 0 nitrogen and oxygen atoms in total. The maximum absolute atomic E-state index is 13.1. The van der Waals surface area contributed by atoms with E-state index >= 15 is 0 Å². The molecule has 1 rings (SSSR count). The minimum atomic E-state index is -0.219. The Hall–Kier alpha value is -0.0800. The molecule has 90 valence electrons. The van der Waals surface area contributed by atoms with Gasteiger partial charge in [0, 0.05) is 5.38 Å². The molecule has 0 aliphatic heterocycles. The fourth-order valence-corrected chi connectivity index (χ4v) is 2.67. The third-order valence-electron chi connectivity index (χ3n) is 2.90. The second kappa shape index (κ2) is 6.02. The summed E-state index contributed by atoms with van der Waals surface area (Å²) in [6.07, 6.45) is 0.890. The number of hydrogen-bond donors (Lipinski definition) is 0. The first kappa shape index (κ1) is 14.0. The van der Waals surface area contributed by atoms with E-state index in [4.69, 9.17) is 11.6 Å². The summed E-state index contributed by atoms with van der Waals surface area (Å²) in [6.45, 7) is 6.36. The Labute approximate surface area is 110 Å². The summed E-state index contributed by atoms with van der Waals surface area (Å²) >= 11 is 9.38. The molecule has 0 aromatic heterocycles. The fourth-order valence-electron chi connectivity index (χ4n) is 1.87. The van der Waals surface area contributed by atoms with E-state index < -0.39 is 0 Å². The summed E-state index contributed by atoms with van der Waals surface area (Å²) in [7, 11) is 0. The van der Waals surface area contributed by atoms with Crippen LogP contribution in [0, 0.1) is 17.7 Å². The van der Waals surface area contributed by atoms with Crippen molar-refractivity contribution in [2.24, 2.45) is 11.8 Å². The topological polar surface area (TPSA) is 0 Å². The van der Waals surface area contributed by atoms with Gasteiger partial charge in [-0.2, -0.15) is 0 Å². The second-order valence-corrected chi connectivity index (χ2v) is 6.08. The summed E-state index contributed by atoms with van der Waals surface area (Å²) in [5.41, 5.74) is 1.12. The average Bonchev–Trinajstić information content (AvgIpc) is 2.18. The van der Waals surface area contributed by atoms with Gasteiger partial charge in [0.25, 0.3) is 0 Å². The Kier molecular flexibility index (Phi) is 5.26. The van der Waals surface area contributed by atoms with Crippen molar-refractivity contribution in [3.05, 3.63) is 34.1 Å². The molecule has 1 aromatic carbocycles. The first-order chi connectivity index (χ1) is 7.41. The van der Waals surface area contributed by atoms with E-state index in [1.54, 1.807) is 0 Å². The maximum atomic E-state index is 13.1. The van der Waals surface area contributed by atoms with Gasteiger partial charge in [-0.15, -0.1) is 11.6 Å². The third kappa shape index (κ3) is 3.74. The molecule has 0 fully saturated rings. The lowest BCUT2D eigenvalue weighted by Crippen LogP contribution is -2.20. The molecule has 0 N–H and O–H groups in total. The lowest BCUT2D eigenvalue weighted by Gasteiger charge is -2.23. The lowest BCUT2D eigenvalue weighted by atomic mass is 9.87. The first-order valence-electron chi connectivity index (χ1n) is 5.49. The van der Waals surface area contributed by atoms with Crippen molar-refractivity contribution < 1.29 is 4.39 Å². The zero-order chi connectivity index (χ0) is 12.3. The van der Waals surface area contributed by atoms with Crippen molar-refractivity contribution in [3.8, 4) is 0 Å². The van der Waals surface area contributed by atoms with Crippen molar-refractivity contribution in [1.82, 2.24) is 0 Å². The highest BCUT2D eigenvalue weighted by Crippen LogP contribution is 2.26. The van der Waals surface area contributed by atoms with Crippen molar-refractivity contribution in [2.45, 2.75) is 32.6 Å². The van der Waals surface area contributed by atoms with Crippen LogP contribution in [-0.4, -0.2) is 5.38 Å². The number of benzene rings is 1. The first-order valence-corrected chi connectivity index (χ1v) is 6.72. The monoisotopic (exact) mass is 306 g/mol. The Morgan fingerprint density at radius 1 is 1.31 bits per heavy atom. The predicted molar refractivity (Wildman–Crippen MR) is 71.4 cm³/mol. The van der Waals surface area contributed by atoms with Crippen LogP contribution in [0.2, 0.25) is 0 Å². The molecule has 0 amide bonds.